The zero-order valence-electron chi connectivity index (χ0n) is 19.3. The topological polar surface area (TPSA) is 66.9 Å². The molecule has 1 unspecified atom stereocenters. The SMILES string of the molecule is CCC(=O)OCCN(C)S(=O)(=O)c1ccc(-c2ccc(CCN3CCCC3C)cc2)cc1. The van der Waals surface area contributed by atoms with Crippen molar-refractivity contribution in [3.05, 3.63) is 54.1 Å². The standard InChI is InChI=1S/C25H34N2O4S/c1-4-25(28)31-19-18-26(3)32(29,30)24-13-11-23(12-14-24)22-9-7-21(8-10-22)15-17-27-16-5-6-20(27)2/h7-14,20H,4-6,15-19H2,1-3H3. The van der Waals surface area contributed by atoms with Crippen molar-refractivity contribution >= 4 is 16.0 Å². The lowest BCUT2D eigenvalue weighted by Gasteiger charge is -2.20. The first-order chi connectivity index (χ1) is 15.3. The smallest absolute Gasteiger partial charge is 0.305 e. The van der Waals surface area contributed by atoms with E-state index in [1.165, 1.54) is 36.3 Å². The predicted octanol–water partition coefficient (Wildman–Crippen LogP) is 3.95. The third-order valence-electron chi connectivity index (χ3n) is 6.19. The average Bonchev–Trinajstić information content (AvgIpc) is 3.22. The first-order valence-electron chi connectivity index (χ1n) is 11.4. The van der Waals surface area contributed by atoms with Gasteiger partial charge in [0.05, 0.1) is 4.90 Å². The summed E-state index contributed by atoms with van der Waals surface area (Å²) in [7, 11) is -2.14. The molecule has 2 aromatic rings. The van der Waals surface area contributed by atoms with E-state index in [2.05, 4.69) is 36.1 Å². The predicted molar refractivity (Wildman–Crippen MR) is 127 cm³/mol. The highest BCUT2D eigenvalue weighted by Gasteiger charge is 2.21. The number of nitrogens with zero attached hydrogens (tertiary/aromatic N) is 2. The molecule has 0 saturated carbocycles. The van der Waals surface area contributed by atoms with Crippen molar-refractivity contribution in [1.29, 1.82) is 0 Å². The Kier molecular flexibility index (Phi) is 8.45. The molecule has 1 atom stereocenters. The molecule has 0 bridgehead atoms. The summed E-state index contributed by atoms with van der Waals surface area (Å²) in [6.45, 7) is 6.47. The van der Waals surface area contributed by atoms with Crippen molar-refractivity contribution in [2.45, 2.75) is 50.5 Å². The van der Waals surface area contributed by atoms with Crippen LogP contribution in [0.3, 0.4) is 0 Å². The second-order valence-electron chi connectivity index (χ2n) is 8.40. The number of rotatable bonds is 10. The first kappa shape index (κ1) is 24.4. The lowest BCUT2D eigenvalue weighted by atomic mass is 10.0. The number of likely N-dealkylation sites (N-methyl/N-ethyl adjacent to an activating group) is 1. The van der Waals surface area contributed by atoms with Crippen LogP contribution >= 0.6 is 0 Å². The molecule has 1 fully saturated rings. The number of benzene rings is 2. The summed E-state index contributed by atoms with van der Waals surface area (Å²) >= 11 is 0. The summed E-state index contributed by atoms with van der Waals surface area (Å²) in [5.41, 5.74) is 3.35. The summed E-state index contributed by atoms with van der Waals surface area (Å²) in [5, 5.41) is 0. The summed E-state index contributed by atoms with van der Waals surface area (Å²) in [6.07, 6.45) is 3.92. The highest BCUT2D eigenvalue weighted by atomic mass is 32.2. The molecule has 0 aromatic heterocycles. The van der Waals surface area contributed by atoms with E-state index in [1.807, 2.05) is 12.1 Å². The van der Waals surface area contributed by atoms with Gasteiger partial charge < -0.3 is 9.64 Å². The van der Waals surface area contributed by atoms with Gasteiger partial charge in [-0.05, 0) is 61.6 Å². The molecule has 174 valence electrons. The van der Waals surface area contributed by atoms with Gasteiger partial charge >= 0.3 is 5.97 Å². The van der Waals surface area contributed by atoms with Gasteiger partial charge in [0, 0.05) is 32.6 Å². The van der Waals surface area contributed by atoms with E-state index in [0.29, 0.717) is 6.04 Å². The average molecular weight is 459 g/mol. The maximum absolute atomic E-state index is 12.8. The zero-order chi connectivity index (χ0) is 23.1. The quantitative estimate of drug-likeness (QED) is 0.504. The van der Waals surface area contributed by atoms with Crippen LogP contribution in [0.2, 0.25) is 0 Å². The molecule has 1 heterocycles. The van der Waals surface area contributed by atoms with E-state index in [9.17, 15) is 13.2 Å². The van der Waals surface area contributed by atoms with Gasteiger partial charge in [0.1, 0.15) is 6.61 Å². The number of ether oxygens (including phenoxy) is 1. The Morgan fingerprint density at radius 1 is 1.09 bits per heavy atom. The number of carbonyl (C=O) groups excluding carboxylic acids is 1. The summed E-state index contributed by atoms with van der Waals surface area (Å²) in [6, 6.07) is 16.1. The number of likely N-dealkylation sites (tertiary alicyclic amines) is 1. The van der Waals surface area contributed by atoms with Crippen LogP contribution in [-0.2, 0) is 26.0 Å². The Labute approximate surface area is 192 Å². The fourth-order valence-corrected chi connectivity index (χ4v) is 5.13. The van der Waals surface area contributed by atoms with Gasteiger partial charge in [-0.2, -0.15) is 4.31 Å². The van der Waals surface area contributed by atoms with Crippen LogP contribution in [0.1, 0.15) is 38.7 Å². The molecular weight excluding hydrogens is 424 g/mol. The van der Waals surface area contributed by atoms with E-state index in [4.69, 9.17) is 4.74 Å². The van der Waals surface area contributed by atoms with Crippen LogP contribution in [0.15, 0.2) is 53.4 Å². The molecule has 0 aliphatic carbocycles. The van der Waals surface area contributed by atoms with Gasteiger partial charge in [0.15, 0.2) is 0 Å². The lowest BCUT2D eigenvalue weighted by molar-refractivity contribution is -0.143. The first-order valence-corrected chi connectivity index (χ1v) is 12.8. The normalized spacial score (nSPS) is 17.1. The molecule has 32 heavy (non-hydrogen) atoms. The minimum absolute atomic E-state index is 0.0451. The summed E-state index contributed by atoms with van der Waals surface area (Å²) < 4.78 is 31.7. The van der Waals surface area contributed by atoms with Gasteiger partial charge in [-0.3, -0.25) is 4.79 Å². The maximum atomic E-state index is 12.8. The minimum Gasteiger partial charge on any atom is -0.464 e. The van der Waals surface area contributed by atoms with Crippen LogP contribution in [0.25, 0.3) is 11.1 Å². The van der Waals surface area contributed by atoms with Crippen molar-refractivity contribution in [1.82, 2.24) is 9.21 Å². The third kappa shape index (κ3) is 6.18. The number of carbonyl (C=O) groups is 1. The number of sulfonamides is 1. The molecule has 0 spiro atoms. The fourth-order valence-electron chi connectivity index (χ4n) is 3.97. The molecular formula is C25H34N2O4S. The molecule has 6 nitrogen and oxygen atoms in total. The van der Waals surface area contributed by atoms with Crippen LogP contribution in [0.5, 0.6) is 0 Å². The largest absolute Gasteiger partial charge is 0.464 e. The van der Waals surface area contributed by atoms with Crippen LogP contribution in [0.4, 0.5) is 0 Å². The van der Waals surface area contributed by atoms with E-state index in [-0.39, 0.29) is 30.4 Å². The van der Waals surface area contributed by atoms with Crippen LogP contribution in [-0.4, -0.2) is 62.9 Å². The van der Waals surface area contributed by atoms with Gasteiger partial charge in [-0.1, -0.05) is 43.3 Å². The molecule has 1 aliphatic rings. The van der Waals surface area contributed by atoms with E-state index >= 15 is 0 Å². The number of hydrogen-bond donors (Lipinski definition) is 0. The monoisotopic (exact) mass is 458 g/mol. The molecule has 0 amide bonds. The minimum atomic E-state index is -3.63. The molecule has 0 radical (unpaired) electrons. The van der Waals surface area contributed by atoms with Gasteiger partial charge in [0.25, 0.3) is 0 Å². The van der Waals surface area contributed by atoms with Crippen molar-refractivity contribution in [3.63, 3.8) is 0 Å². The highest BCUT2D eigenvalue weighted by molar-refractivity contribution is 7.89. The third-order valence-corrected chi connectivity index (χ3v) is 8.06. The highest BCUT2D eigenvalue weighted by Crippen LogP contribution is 2.24. The molecule has 2 aromatic carbocycles. The van der Waals surface area contributed by atoms with E-state index in [1.54, 1.807) is 19.1 Å². The van der Waals surface area contributed by atoms with Crippen molar-refractivity contribution in [2.24, 2.45) is 0 Å². The Morgan fingerprint density at radius 3 is 2.28 bits per heavy atom. The Hall–Kier alpha value is -2.22. The lowest BCUT2D eigenvalue weighted by Crippen LogP contribution is -2.30. The molecule has 3 rings (SSSR count). The van der Waals surface area contributed by atoms with Gasteiger partial charge in [0.2, 0.25) is 10.0 Å². The van der Waals surface area contributed by atoms with E-state index < -0.39 is 10.0 Å². The number of esters is 1. The summed E-state index contributed by atoms with van der Waals surface area (Å²) in [4.78, 5) is 14.0. The molecule has 1 saturated heterocycles. The fraction of sp³-hybridized carbons (Fsp3) is 0.480. The molecule has 7 heteroatoms. The van der Waals surface area contributed by atoms with Crippen molar-refractivity contribution in [2.75, 3.05) is 33.3 Å². The maximum Gasteiger partial charge on any atom is 0.305 e. The number of hydrogen-bond acceptors (Lipinski definition) is 5. The van der Waals surface area contributed by atoms with Crippen molar-refractivity contribution < 1.29 is 17.9 Å². The second kappa shape index (κ2) is 11.1. The Balaban J connectivity index is 1.58. The zero-order valence-corrected chi connectivity index (χ0v) is 20.1. The molecule has 1 aliphatic heterocycles. The van der Waals surface area contributed by atoms with Gasteiger partial charge in [-0.25, -0.2) is 8.42 Å². The summed E-state index contributed by atoms with van der Waals surface area (Å²) in [5.74, 6) is -0.336. The Bertz CT molecular complexity index is 988. The van der Waals surface area contributed by atoms with Crippen molar-refractivity contribution in [3.8, 4) is 11.1 Å². The van der Waals surface area contributed by atoms with Gasteiger partial charge in [-0.15, -0.1) is 0 Å². The second-order valence-corrected chi connectivity index (χ2v) is 10.4. The molecule has 0 N–H and O–H groups in total. The Morgan fingerprint density at radius 2 is 1.72 bits per heavy atom. The van der Waals surface area contributed by atoms with Crippen LogP contribution < -0.4 is 0 Å². The van der Waals surface area contributed by atoms with Crippen LogP contribution in [0, 0.1) is 0 Å². The van der Waals surface area contributed by atoms with E-state index in [0.717, 1.165) is 24.1 Å².